The summed E-state index contributed by atoms with van der Waals surface area (Å²) in [6.45, 7) is 13.1. The predicted molar refractivity (Wildman–Crippen MR) is 74.4 cm³/mol. The van der Waals surface area contributed by atoms with Gasteiger partial charge in [-0.15, -0.1) is 0 Å². The van der Waals surface area contributed by atoms with E-state index in [-0.39, 0.29) is 17.6 Å². The number of rotatable bonds is 5. The van der Waals surface area contributed by atoms with E-state index in [0.29, 0.717) is 0 Å². The number of carbonyl (C=O) groups is 3. The van der Waals surface area contributed by atoms with Gasteiger partial charge in [0.1, 0.15) is 5.60 Å². The fraction of sp³-hybridized carbons (Fsp3) is 0.533. The van der Waals surface area contributed by atoms with Crippen LogP contribution in [0.5, 0.6) is 0 Å². The van der Waals surface area contributed by atoms with Crippen molar-refractivity contribution in [2.75, 3.05) is 0 Å². The number of cyclic esters (lactones) is 1. The van der Waals surface area contributed by atoms with Gasteiger partial charge in [0.2, 0.25) is 5.60 Å². The van der Waals surface area contributed by atoms with Crippen LogP contribution >= 0.6 is 0 Å². The third-order valence-electron chi connectivity index (χ3n) is 3.67. The summed E-state index contributed by atoms with van der Waals surface area (Å²) in [5.74, 6) is -3.26. The predicted octanol–water partition coefficient (Wildman–Crippen LogP) is 1.85. The standard InChI is InChI=1S/C15H20O6/c1-8(2)12(18)20-15(6)10(7-9(3)11(16)17)14(4,5)21-13(15)19/h10H,1,3,7H2,2,4-6H3,(H,16,17). The highest BCUT2D eigenvalue weighted by molar-refractivity contribution is 5.92. The molecule has 0 aliphatic carbocycles. The molecule has 0 aromatic heterocycles. The van der Waals surface area contributed by atoms with Gasteiger partial charge in [0.05, 0.1) is 5.92 Å². The van der Waals surface area contributed by atoms with E-state index in [2.05, 4.69) is 13.2 Å². The lowest BCUT2D eigenvalue weighted by molar-refractivity contribution is -0.171. The minimum Gasteiger partial charge on any atom is -0.478 e. The van der Waals surface area contributed by atoms with Gasteiger partial charge in [-0.1, -0.05) is 13.2 Å². The molecule has 116 valence electrons. The molecule has 1 heterocycles. The first kappa shape index (κ1) is 16.9. The number of aliphatic carboxylic acids is 1. The lowest BCUT2D eigenvalue weighted by Gasteiger charge is -2.32. The van der Waals surface area contributed by atoms with Gasteiger partial charge in [0.15, 0.2) is 0 Å². The number of carboxylic acid groups (broad SMARTS) is 1. The van der Waals surface area contributed by atoms with Crippen molar-refractivity contribution >= 4 is 17.9 Å². The topological polar surface area (TPSA) is 89.9 Å². The molecule has 1 N–H and O–H groups in total. The molecule has 0 spiro atoms. The van der Waals surface area contributed by atoms with Crippen LogP contribution in [-0.4, -0.2) is 34.2 Å². The highest BCUT2D eigenvalue weighted by Crippen LogP contribution is 2.45. The molecule has 21 heavy (non-hydrogen) atoms. The van der Waals surface area contributed by atoms with Gasteiger partial charge in [-0.05, 0) is 34.1 Å². The Morgan fingerprint density at radius 3 is 2.29 bits per heavy atom. The van der Waals surface area contributed by atoms with Gasteiger partial charge >= 0.3 is 17.9 Å². The van der Waals surface area contributed by atoms with E-state index in [4.69, 9.17) is 14.6 Å². The van der Waals surface area contributed by atoms with Crippen molar-refractivity contribution in [3.8, 4) is 0 Å². The van der Waals surface area contributed by atoms with E-state index < -0.39 is 35.0 Å². The molecule has 1 rings (SSSR count). The largest absolute Gasteiger partial charge is 0.478 e. The molecule has 0 amide bonds. The summed E-state index contributed by atoms with van der Waals surface area (Å²) >= 11 is 0. The van der Waals surface area contributed by atoms with Crippen molar-refractivity contribution in [3.05, 3.63) is 24.3 Å². The summed E-state index contributed by atoms with van der Waals surface area (Å²) in [5.41, 5.74) is -2.48. The molecule has 0 saturated carbocycles. The van der Waals surface area contributed by atoms with Crippen LogP contribution in [0.4, 0.5) is 0 Å². The fourth-order valence-corrected chi connectivity index (χ4v) is 2.38. The molecule has 1 aliphatic rings. The molecule has 0 aromatic carbocycles. The lowest BCUT2D eigenvalue weighted by atomic mass is 9.76. The Morgan fingerprint density at radius 1 is 1.33 bits per heavy atom. The quantitative estimate of drug-likeness (QED) is 0.615. The Morgan fingerprint density at radius 2 is 1.86 bits per heavy atom. The van der Waals surface area contributed by atoms with Crippen LogP contribution < -0.4 is 0 Å². The summed E-state index contributed by atoms with van der Waals surface area (Å²) in [6.07, 6.45) is -0.0337. The van der Waals surface area contributed by atoms with Gasteiger partial charge in [-0.2, -0.15) is 0 Å². The van der Waals surface area contributed by atoms with E-state index in [0.717, 1.165) is 0 Å². The molecule has 0 bridgehead atoms. The summed E-state index contributed by atoms with van der Waals surface area (Å²) in [5, 5.41) is 8.97. The molecular weight excluding hydrogens is 276 g/mol. The van der Waals surface area contributed by atoms with Crippen molar-refractivity contribution in [1.29, 1.82) is 0 Å². The van der Waals surface area contributed by atoms with Crippen molar-refractivity contribution in [2.24, 2.45) is 5.92 Å². The second-order valence-corrected chi connectivity index (χ2v) is 5.94. The van der Waals surface area contributed by atoms with E-state index >= 15 is 0 Å². The average Bonchev–Trinajstić information content (AvgIpc) is 2.48. The summed E-state index contributed by atoms with van der Waals surface area (Å²) in [6, 6.07) is 0. The van der Waals surface area contributed by atoms with Crippen molar-refractivity contribution in [3.63, 3.8) is 0 Å². The van der Waals surface area contributed by atoms with Crippen molar-refractivity contribution in [2.45, 2.75) is 45.3 Å². The van der Waals surface area contributed by atoms with Gasteiger partial charge < -0.3 is 14.6 Å². The molecule has 2 unspecified atom stereocenters. The van der Waals surface area contributed by atoms with Crippen LogP contribution in [0.3, 0.4) is 0 Å². The number of hydrogen-bond acceptors (Lipinski definition) is 5. The highest BCUT2D eigenvalue weighted by Gasteiger charge is 2.61. The second-order valence-electron chi connectivity index (χ2n) is 5.94. The minimum absolute atomic E-state index is 0.0337. The van der Waals surface area contributed by atoms with Crippen LogP contribution in [0.25, 0.3) is 0 Å². The smallest absolute Gasteiger partial charge is 0.351 e. The first-order chi connectivity index (χ1) is 9.41. The van der Waals surface area contributed by atoms with E-state index in [9.17, 15) is 14.4 Å². The zero-order valence-corrected chi connectivity index (χ0v) is 12.7. The number of esters is 2. The third-order valence-corrected chi connectivity index (χ3v) is 3.67. The zero-order chi connectivity index (χ0) is 16.6. The van der Waals surface area contributed by atoms with Crippen LogP contribution in [0.15, 0.2) is 24.3 Å². The maximum atomic E-state index is 12.1. The Bertz CT molecular complexity index is 530. The first-order valence-corrected chi connectivity index (χ1v) is 6.45. The summed E-state index contributed by atoms with van der Waals surface area (Å²) < 4.78 is 10.5. The fourth-order valence-electron chi connectivity index (χ4n) is 2.38. The molecule has 0 aromatic rings. The normalized spacial score (nSPS) is 26.9. The number of carbonyl (C=O) groups excluding carboxylic acids is 2. The molecule has 1 aliphatic heterocycles. The van der Waals surface area contributed by atoms with E-state index in [1.165, 1.54) is 13.8 Å². The van der Waals surface area contributed by atoms with Crippen LogP contribution in [0.1, 0.15) is 34.1 Å². The first-order valence-electron chi connectivity index (χ1n) is 6.45. The Labute approximate surface area is 123 Å². The van der Waals surface area contributed by atoms with Gasteiger partial charge in [0, 0.05) is 11.1 Å². The molecule has 1 fully saturated rings. The number of ether oxygens (including phenoxy) is 2. The molecule has 6 nitrogen and oxygen atoms in total. The summed E-state index contributed by atoms with van der Waals surface area (Å²) in [7, 11) is 0. The molecular formula is C15H20O6. The van der Waals surface area contributed by atoms with Gasteiger partial charge in [-0.25, -0.2) is 14.4 Å². The van der Waals surface area contributed by atoms with Crippen LogP contribution in [-0.2, 0) is 23.9 Å². The number of hydrogen-bond donors (Lipinski definition) is 1. The van der Waals surface area contributed by atoms with Crippen molar-refractivity contribution in [1.82, 2.24) is 0 Å². The zero-order valence-electron chi connectivity index (χ0n) is 12.7. The minimum atomic E-state index is -1.57. The van der Waals surface area contributed by atoms with Crippen molar-refractivity contribution < 1.29 is 29.0 Å². The molecule has 6 heteroatoms. The lowest BCUT2D eigenvalue weighted by Crippen LogP contribution is -2.46. The maximum absolute atomic E-state index is 12.1. The average molecular weight is 296 g/mol. The monoisotopic (exact) mass is 296 g/mol. The SMILES string of the molecule is C=C(C)C(=O)OC1(C)C(=O)OC(C)(C)C1CC(=C)C(=O)O. The Kier molecular flexibility index (Phi) is 4.32. The molecule has 2 atom stereocenters. The molecule has 0 radical (unpaired) electrons. The van der Waals surface area contributed by atoms with E-state index in [1.54, 1.807) is 13.8 Å². The second kappa shape index (κ2) is 5.35. The summed E-state index contributed by atoms with van der Waals surface area (Å²) in [4.78, 5) is 34.9. The van der Waals surface area contributed by atoms with Crippen LogP contribution in [0.2, 0.25) is 0 Å². The Hall–Kier alpha value is -2.11. The van der Waals surface area contributed by atoms with Crippen LogP contribution in [0, 0.1) is 5.92 Å². The van der Waals surface area contributed by atoms with E-state index in [1.807, 2.05) is 0 Å². The Balaban J connectivity index is 3.15. The highest BCUT2D eigenvalue weighted by atomic mass is 16.6. The van der Waals surface area contributed by atoms with Gasteiger partial charge in [0.25, 0.3) is 0 Å². The maximum Gasteiger partial charge on any atom is 0.351 e. The number of carboxylic acids is 1. The third kappa shape index (κ3) is 3.15. The van der Waals surface area contributed by atoms with Gasteiger partial charge in [-0.3, -0.25) is 0 Å². The molecule has 1 saturated heterocycles.